The SMILES string of the molecule is COc1cccc(/C=N/NC(=O)CCCn2cc(Cl)c3cc(C(=O)N/N=C/c4cccc(OC)c4)ccc32)c1. The molecule has 0 unspecified atom stereocenters. The third-order valence-electron chi connectivity index (χ3n) is 5.87. The second-order valence-corrected chi connectivity index (χ2v) is 8.96. The molecule has 4 rings (SSSR count). The van der Waals surface area contributed by atoms with E-state index in [4.69, 9.17) is 21.1 Å². The Hall–Kier alpha value is -4.63. The number of hydrogen-bond donors (Lipinski definition) is 2. The van der Waals surface area contributed by atoms with Gasteiger partial charge >= 0.3 is 0 Å². The van der Waals surface area contributed by atoms with Gasteiger partial charge in [-0.05, 0) is 60.0 Å². The van der Waals surface area contributed by atoms with Gasteiger partial charge in [-0.25, -0.2) is 10.9 Å². The maximum absolute atomic E-state index is 12.6. The van der Waals surface area contributed by atoms with E-state index in [0.717, 1.165) is 22.0 Å². The molecule has 1 heterocycles. The Kier molecular flexibility index (Phi) is 9.31. The van der Waals surface area contributed by atoms with E-state index in [1.165, 1.54) is 0 Å². The van der Waals surface area contributed by atoms with Gasteiger partial charge < -0.3 is 14.0 Å². The highest BCUT2D eigenvalue weighted by Gasteiger charge is 2.12. The first-order valence-corrected chi connectivity index (χ1v) is 12.6. The number of ether oxygens (including phenoxy) is 2. The minimum atomic E-state index is -0.356. The highest BCUT2D eigenvalue weighted by Crippen LogP contribution is 2.27. The third-order valence-corrected chi connectivity index (χ3v) is 6.17. The predicted octanol–water partition coefficient (Wildman–Crippen LogP) is 5.01. The molecule has 200 valence electrons. The van der Waals surface area contributed by atoms with Gasteiger partial charge in [0.05, 0.1) is 31.7 Å². The number of methoxy groups -OCH3 is 2. The fourth-order valence-electron chi connectivity index (χ4n) is 3.90. The Bertz CT molecular complexity index is 1530. The third kappa shape index (κ3) is 7.45. The summed E-state index contributed by atoms with van der Waals surface area (Å²) in [6.45, 7) is 0.576. The second-order valence-electron chi connectivity index (χ2n) is 8.55. The van der Waals surface area contributed by atoms with Crippen molar-refractivity contribution in [3.8, 4) is 11.5 Å². The monoisotopic (exact) mass is 545 g/mol. The molecule has 0 bridgehead atoms. The normalized spacial score (nSPS) is 11.3. The number of amides is 2. The molecule has 0 saturated heterocycles. The number of aryl methyl sites for hydroxylation is 1. The van der Waals surface area contributed by atoms with Crippen LogP contribution in [0.15, 0.2) is 83.1 Å². The van der Waals surface area contributed by atoms with Crippen molar-refractivity contribution in [2.24, 2.45) is 10.2 Å². The predicted molar refractivity (Wildman–Crippen MR) is 153 cm³/mol. The number of nitrogens with zero attached hydrogens (tertiary/aromatic N) is 3. The summed E-state index contributed by atoms with van der Waals surface area (Å²) in [4.78, 5) is 24.8. The summed E-state index contributed by atoms with van der Waals surface area (Å²) in [5.41, 5.74) is 7.99. The molecule has 2 N–H and O–H groups in total. The molecular formula is C29H28ClN5O4. The van der Waals surface area contributed by atoms with Gasteiger partial charge in [-0.3, -0.25) is 9.59 Å². The van der Waals surface area contributed by atoms with Crippen LogP contribution in [0.2, 0.25) is 5.02 Å². The number of halogens is 1. The maximum atomic E-state index is 12.6. The first-order valence-electron chi connectivity index (χ1n) is 12.2. The minimum Gasteiger partial charge on any atom is -0.497 e. The quantitative estimate of drug-likeness (QED) is 0.204. The fourth-order valence-corrected chi connectivity index (χ4v) is 4.17. The Labute approximate surface area is 231 Å². The van der Waals surface area contributed by atoms with Gasteiger partial charge in [0.2, 0.25) is 5.91 Å². The molecule has 3 aromatic carbocycles. The van der Waals surface area contributed by atoms with Gasteiger partial charge in [-0.1, -0.05) is 35.9 Å². The van der Waals surface area contributed by atoms with Gasteiger partial charge in [0.1, 0.15) is 11.5 Å². The largest absolute Gasteiger partial charge is 0.497 e. The molecule has 0 atom stereocenters. The molecule has 0 radical (unpaired) electrons. The number of carbonyl (C=O) groups is 2. The zero-order valence-electron chi connectivity index (χ0n) is 21.6. The van der Waals surface area contributed by atoms with Crippen molar-refractivity contribution in [1.29, 1.82) is 0 Å². The molecule has 9 nitrogen and oxygen atoms in total. The van der Waals surface area contributed by atoms with Crippen LogP contribution in [0.5, 0.6) is 11.5 Å². The zero-order chi connectivity index (χ0) is 27.6. The van der Waals surface area contributed by atoms with E-state index in [-0.39, 0.29) is 11.8 Å². The van der Waals surface area contributed by atoms with E-state index in [0.29, 0.717) is 41.5 Å². The lowest BCUT2D eigenvalue weighted by atomic mass is 10.1. The van der Waals surface area contributed by atoms with Crippen LogP contribution in [-0.2, 0) is 11.3 Å². The van der Waals surface area contributed by atoms with Crippen LogP contribution in [0.4, 0.5) is 0 Å². The first-order chi connectivity index (χ1) is 19.0. The number of nitrogens with one attached hydrogen (secondary N) is 2. The molecule has 10 heteroatoms. The van der Waals surface area contributed by atoms with Crippen molar-refractivity contribution in [3.05, 3.63) is 94.6 Å². The lowest BCUT2D eigenvalue weighted by Gasteiger charge is -2.06. The Balaban J connectivity index is 1.30. The summed E-state index contributed by atoms with van der Waals surface area (Å²) in [5.74, 6) is 0.873. The molecule has 0 aliphatic carbocycles. The number of hydrazone groups is 2. The highest BCUT2D eigenvalue weighted by atomic mass is 35.5. The van der Waals surface area contributed by atoms with E-state index >= 15 is 0 Å². The highest BCUT2D eigenvalue weighted by molar-refractivity contribution is 6.35. The Morgan fingerprint density at radius 2 is 1.54 bits per heavy atom. The van der Waals surface area contributed by atoms with Gasteiger partial charge in [0.25, 0.3) is 5.91 Å². The van der Waals surface area contributed by atoms with Crippen LogP contribution in [0.1, 0.15) is 34.3 Å². The van der Waals surface area contributed by atoms with Crippen molar-refractivity contribution in [2.75, 3.05) is 14.2 Å². The van der Waals surface area contributed by atoms with E-state index < -0.39 is 0 Å². The van der Waals surface area contributed by atoms with E-state index in [1.54, 1.807) is 45.0 Å². The van der Waals surface area contributed by atoms with E-state index in [1.807, 2.05) is 59.2 Å². The lowest BCUT2D eigenvalue weighted by molar-refractivity contribution is -0.121. The van der Waals surface area contributed by atoms with Crippen LogP contribution in [0.3, 0.4) is 0 Å². The van der Waals surface area contributed by atoms with Crippen LogP contribution in [0, 0.1) is 0 Å². The lowest BCUT2D eigenvalue weighted by Crippen LogP contribution is -2.18. The second kappa shape index (κ2) is 13.3. The standard InChI is InChI=1S/C29H28ClN5O4/c1-38-23-8-3-6-20(14-23)17-31-33-28(36)10-5-13-35-19-26(30)25-16-22(11-12-27(25)35)29(37)34-32-18-21-7-4-9-24(15-21)39-2/h3-4,6-9,11-12,14-19H,5,10,13H2,1-2H3,(H,33,36)(H,34,37)/b31-17+,32-18+. The molecule has 0 saturated carbocycles. The molecule has 0 spiro atoms. The topological polar surface area (TPSA) is 106 Å². The van der Waals surface area contributed by atoms with Crippen LogP contribution >= 0.6 is 11.6 Å². The molecule has 2 amide bonds. The number of hydrogen-bond acceptors (Lipinski definition) is 6. The van der Waals surface area contributed by atoms with Crippen molar-refractivity contribution < 1.29 is 19.1 Å². The van der Waals surface area contributed by atoms with Gasteiger partial charge in [-0.2, -0.15) is 10.2 Å². The number of rotatable bonds is 11. The molecule has 0 fully saturated rings. The van der Waals surface area contributed by atoms with Crippen molar-refractivity contribution in [3.63, 3.8) is 0 Å². The molecule has 39 heavy (non-hydrogen) atoms. The van der Waals surface area contributed by atoms with Crippen LogP contribution in [-0.4, -0.2) is 43.0 Å². The van der Waals surface area contributed by atoms with Gasteiger partial charge in [0, 0.05) is 35.6 Å². The number of carbonyl (C=O) groups excluding carboxylic acids is 2. The fraction of sp³-hybridized carbons (Fsp3) is 0.172. The number of benzene rings is 3. The first kappa shape index (κ1) is 27.4. The Morgan fingerprint density at radius 3 is 2.18 bits per heavy atom. The minimum absolute atomic E-state index is 0.190. The molecule has 4 aromatic rings. The number of aromatic nitrogens is 1. The zero-order valence-corrected chi connectivity index (χ0v) is 22.3. The smallest absolute Gasteiger partial charge is 0.271 e. The average molecular weight is 546 g/mol. The summed E-state index contributed by atoms with van der Waals surface area (Å²) < 4.78 is 12.3. The molecule has 0 aliphatic heterocycles. The summed E-state index contributed by atoms with van der Waals surface area (Å²) in [6, 6.07) is 20.0. The van der Waals surface area contributed by atoms with Crippen LogP contribution in [0.25, 0.3) is 10.9 Å². The summed E-state index contributed by atoms with van der Waals surface area (Å²) in [7, 11) is 3.18. The summed E-state index contributed by atoms with van der Waals surface area (Å²) in [6.07, 6.45) is 5.79. The molecule has 1 aromatic heterocycles. The summed E-state index contributed by atoms with van der Waals surface area (Å²) in [5, 5.41) is 9.30. The molecular weight excluding hydrogens is 518 g/mol. The van der Waals surface area contributed by atoms with E-state index in [2.05, 4.69) is 21.1 Å². The van der Waals surface area contributed by atoms with Crippen molar-refractivity contribution >= 4 is 46.7 Å². The van der Waals surface area contributed by atoms with Gasteiger partial charge in [-0.15, -0.1) is 0 Å². The Morgan fingerprint density at radius 1 is 0.897 bits per heavy atom. The summed E-state index contributed by atoms with van der Waals surface area (Å²) >= 11 is 6.46. The van der Waals surface area contributed by atoms with Crippen LogP contribution < -0.4 is 20.3 Å². The van der Waals surface area contributed by atoms with Crippen molar-refractivity contribution in [1.82, 2.24) is 15.4 Å². The number of fused-ring (bicyclic) bond motifs is 1. The van der Waals surface area contributed by atoms with Gasteiger partial charge in [0.15, 0.2) is 0 Å². The average Bonchev–Trinajstić information content (AvgIpc) is 3.27. The van der Waals surface area contributed by atoms with Crippen molar-refractivity contribution in [2.45, 2.75) is 19.4 Å². The van der Waals surface area contributed by atoms with E-state index in [9.17, 15) is 9.59 Å². The molecule has 0 aliphatic rings. The maximum Gasteiger partial charge on any atom is 0.271 e.